The van der Waals surface area contributed by atoms with E-state index >= 15 is 0 Å². The fraction of sp³-hybridized carbons (Fsp3) is 0.632. The van der Waals surface area contributed by atoms with Crippen molar-refractivity contribution in [2.75, 3.05) is 0 Å². The average Bonchev–Trinajstić information content (AvgIpc) is 2.43. The third-order valence-corrected chi connectivity index (χ3v) is 5.91. The molecule has 4 bridgehead atoms. The predicted molar refractivity (Wildman–Crippen MR) is 82.9 cm³/mol. The standard InChI is InChI=1S/C19H24O3/c20-17(22-12-14-4-2-1-3-5-14)11-18-7-15-6-16(8-18)10-19(21,9-15)13-18/h1-5,15-16,21H,6-13H2/t15-,16+,18?,19?. The van der Waals surface area contributed by atoms with Crippen LogP contribution in [0.5, 0.6) is 0 Å². The second kappa shape index (κ2) is 5.09. The van der Waals surface area contributed by atoms with Crippen LogP contribution in [-0.4, -0.2) is 16.7 Å². The monoisotopic (exact) mass is 300 g/mol. The second-order valence-corrected chi connectivity index (χ2v) is 8.01. The number of benzene rings is 1. The van der Waals surface area contributed by atoms with E-state index in [1.165, 1.54) is 6.42 Å². The zero-order chi connectivity index (χ0) is 15.2. The number of hydrogen-bond acceptors (Lipinski definition) is 3. The zero-order valence-electron chi connectivity index (χ0n) is 13.0. The molecule has 4 saturated carbocycles. The molecule has 1 aromatic carbocycles. The topological polar surface area (TPSA) is 46.5 Å². The van der Waals surface area contributed by atoms with Crippen molar-refractivity contribution in [1.82, 2.24) is 0 Å². The molecule has 0 aromatic heterocycles. The second-order valence-electron chi connectivity index (χ2n) is 8.01. The Morgan fingerprint density at radius 3 is 2.45 bits per heavy atom. The van der Waals surface area contributed by atoms with Gasteiger partial charge in [-0.3, -0.25) is 4.79 Å². The number of aliphatic hydroxyl groups is 1. The van der Waals surface area contributed by atoms with Crippen LogP contribution in [0.3, 0.4) is 0 Å². The molecular weight excluding hydrogens is 276 g/mol. The summed E-state index contributed by atoms with van der Waals surface area (Å²) >= 11 is 0. The van der Waals surface area contributed by atoms with Gasteiger partial charge in [0.05, 0.1) is 12.0 Å². The first-order chi connectivity index (χ1) is 10.5. The zero-order valence-corrected chi connectivity index (χ0v) is 13.0. The highest BCUT2D eigenvalue weighted by atomic mass is 16.5. The summed E-state index contributed by atoms with van der Waals surface area (Å²) in [5.41, 5.74) is 0.538. The van der Waals surface area contributed by atoms with Crippen LogP contribution in [0.25, 0.3) is 0 Å². The van der Waals surface area contributed by atoms with E-state index in [1.54, 1.807) is 0 Å². The summed E-state index contributed by atoms with van der Waals surface area (Å²) in [6, 6.07) is 9.82. The van der Waals surface area contributed by atoms with Crippen molar-refractivity contribution in [2.45, 2.75) is 57.2 Å². The van der Waals surface area contributed by atoms with Gasteiger partial charge in [-0.15, -0.1) is 0 Å². The number of carbonyl (C=O) groups excluding carboxylic acids is 1. The molecule has 118 valence electrons. The molecular formula is C19H24O3. The minimum Gasteiger partial charge on any atom is -0.461 e. The molecule has 4 atom stereocenters. The quantitative estimate of drug-likeness (QED) is 0.866. The van der Waals surface area contributed by atoms with E-state index in [0.717, 1.165) is 37.7 Å². The van der Waals surface area contributed by atoms with Crippen molar-refractivity contribution in [3.63, 3.8) is 0 Å². The third-order valence-electron chi connectivity index (χ3n) is 5.91. The summed E-state index contributed by atoms with van der Waals surface area (Å²) in [5, 5.41) is 10.7. The van der Waals surface area contributed by atoms with Gasteiger partial charge in [0.25, 0.3) is 0 Å². The Morgan fingerprint density at radius 1 is 1.14 bits per heavy atom. The average molecular weight is 300 g/mol. The van der Waals surface area contributed by atoms with E-state index in [0.29, 0.717) is 24.9 Å². The first-order valence-electron chi connectivity index (χ1n) is 8.46. The molecule has 22 heavy (non-hydrogen) atoms. The molecule has 5 rings (SSSR count). The van der Waals surface area contributed by atoms with Gasteiger partial charge in [0.2, 0.25) is 0 Å². The summed E-state index contributed by atoms with van der Waals surface area (Å²) in [4.78, 5) is 12.3. The molecule has 0 saturated heterocycles. The number of carbonyl (C=O) groups is 1. The molecule has 4 fully saturated rings. The van der Waals surface area contributed by atoms with E-state index in [2.05, 4.69) is 0 Å². The lowest BCUT2D eigenvalue weighted by atomic mass is 9.47. The maximum atomic E-state index is 12.3. The lowest BCUT2D eigenvalue weighted by Crippen LogP contribution is -2.56. The Bertz CT molecular complexity index is 551. The fourth-order valence-corrected chi connectivity index (χ4v) is 5.70. The summed E-state index contributed by atoms with van der Waals surface area (Å²) in [7, 11) is 0. The Balaban J connectivity index is 1.39. The summed E-state index contributed by atoms with van der Waals surface area (Å²) < 4.78 is 5.48. The SMILES string of the molecule is O=C(CC12C[C@@H]3C[C@@H](CC(O)(C3)C1)C2)OCc1ccccc1. The highest BCUT2D eigenvalue weighted by Crippen LogP contribution is 2.62. The minimum atomic E-state index is -0.496. The molecule has 0 spiro atoms. The van der Waals surface area contributed by atoms with Crippen LogP contribution in [0.2, 0.25) is 0 Å². The minimum absolute atomic E-state index is 0.00655. The number of esters is 1. The van der Waals surface area contributed by atoms with E-state index in [4.69, 9.17) is 4.74 Å². The van der Waals surface area contributed by atoms with Crippen molar-refractivity contribution in [2.24, 2.45) is 17.3 Å². The molecule has 3 nitrogen and oxygen atoms in total. The highest BCUT2D eigenvalue weighted by Gasteiger charge is 2.57. The molecule has 4 aliphatic carbocycles. The van der Waals surface area contributed by atoms with Crippen LogP contribution in [0.15, 0.2) is 30.3 Å². The summed E-state index contributed by atoms with van der Waals surface area (Å²) in [6.07, 6.45) is 6.64. The molecule has 3 heteroatoms. The van der Waals surface area contributed by atoms with Crippen molar-refractivity contribution in [3.05, 3.63) is 35.9 Å². The van der Waals surface area contributed by atoms with Gasteiger partial charge < -0.3 is 9.84 Å². The van der Waals surface area contributed by atoms with Crippen LogP contribution in [-0.2, 0) is 16.1 Å². The van der Waals surface area contributed by atoms with Crippen LogP contribution in [0.1, 0.15) is 50.5 Å². The van der Waals surface area contributed by atoms with Gasteiger partial charge in [-0.2, -0.15) is 0 Å². The molecule has 0 radical (unpaired) electrons. The van der Waals surface area contributed by atoms with Crippen molar-refractivity contribution < 1.29 is 14.6 Å². The van der Waals surface area contributed by atoms with Crippen LogP contribution >= 0.6 is 0 Å². The molecule has 0 heterocycles. The molecule has 1 aromatic rings. The highest BCUT2D eigenvalue weighted by molar-refractivity contribution is 5.70. The summed E-state index contributed by atoms with van der Waals surface area (Å²) in [6.45, 7) is 0.354. The Hall–Kier alpha value is -1.35. The molecule has 0 amide bonds. The lowest BCUT2D eigenvalue weighted by molar-refractivity contribution is -0.177. The predicted octanol–water partition coefficient (Wildman–Crippen LogP) is 3.45. The molecule has 2 unspecified atom stereocenters. The number of hydrogen-bond donors (Lipinski definition) is 1. The Kier molecular flexibility index (Phi) is 3.30. The maximum Gasteiger partial charge on any atom is 0.306 e. The Morgan fingerprint density at radius 2 is 1.82 bits per heavy atom. The third kappa shape index (κ3) is 2.67. The van der Waals surface area contributed by atoms with E-state index < -0.39 is 5.60 Å². The van der Waals surface area contributed by atoms with Crippen molar-refractivity contribution in [1.29, 1.82) is 0 Å². The van der Waals surface area contributed by atoms with Gasteiger partial charge in [0.1, 0.15) is 6.61 Å². The van der Waals surface area contributed by atoms with E-state index in [-0.39, 0.29) is 11.4 Å². The van der Waals surface area contributed by atoms with Gasteiger partial charge in [-0.1, -0.05) is 30.3 Å². The van der Waals surface area contributed by atoms with Gasteiger partial charge in [-0.25, -0.2) is 0 Å². The molecule has 1 N–H and O–H groups in total. The normalized spacial score (nSPS) is 39.0. The van der Waals surface area contributed by atoms with Gasteiger partial charge in [0.15, 0.2) is 0 Å². The summed E-state index contributed by atoms with van der Waals surface area (Å²) in [5.74, 6) is 1.13. The largest absolute Gasteiger partial charge is 0.461 e. The Labute approximate surface area is 131 Å². The van der Waals surface area contributed by atoms with Gasteiger partial charge >= 0.3 is 5.97 Å². The van der Waals surface area contributed by atoms with Crippen molar-refractivity contribution >= 4 is 5.97 Å². The number of rotatable bonds is 4. The smallest absolute Gasteiger partial charge is 0.306 e. The van der Waals surface area contributed by atoms with Crippen molar-refractivity contribution in [3.8, 4) is 0 Å². The van der Waals surface area contributed by atoms with Crippen LogP contribution in [0, 0.1) is 17.3 Å². The first-order valence-corrected chi connectivity index (χ1v) is 8.46. The molecule has 4 aliphatic rings. The maximum absolute atomic E-state index is 12.3. The first kappa shape index (κ1) is 14.3. The van der Waals surface area contributed by atoms with E-state index in [9.17, 15) is 9.90 Å². The lowest BCUT2D eigenvalue weighted by Gasteiger charge is -2.60. The van der Waals surface area contributed by atoms with E-state index in [1.807, 2.05) is 30.3 Å². The molecule has 0 aliphatic heterocycles. The van der Waals surface area contributed by atoms with Gasteiger partial charge in [-0.05, 0) is 61.3 Å². The number of ether oxygens (including phenoxy) is 1. The van der Waals surface area contributed by atoms with Crippen LogP contribution in [0.4, 0.5) is 0 Å². The van der Waals surface area contributed by atoms with Crippen LogP contribution < -0.4 is 0 Å². The fourth-order valence-electron chi connectivity index (χ4n) is 5.70. The van der Waals surface area contributed by atoms with Gasteiger partial charge in [0, 0.05) is 0 Å².